The summed E-state index contributed by atoms with van der Waals surface area (Å²) in [5.74, 6) is -0.472. The quantitative estimate of drug-likeness (QED) is 0.636. The maximum absolute atomic E-state index is 11.8. The Morgan fingerprint density at radius 3 is 2.83 bits per heavy atom. The zero-order valence-corrected chi connectivity index (χ0v) is 13.6. The van der Waals surface area contributed by atoms with Crippen molar-refractivity contribution in [3.63, 3.8) is 0 Å². The molecule has 3 amide bonds. The van der Waals surface area contributed by atoms with Crippen molar-refractivity contribution >= 4 is 24.0 Å². The summed E-state index contributed by atoms with van der Waals surface area (Å²) >= 11 is 0. The van der Waals surface area contributed by atoms with Gasteiger partial charge in [0.2, 0.25) is 0 Å². The summed E-state index contributed by atoms with van der Waals surface area (Å²) in [4.78, 5) is 34.9. The summed E-state index contributed by atoms with van der Waals surface area (Å²) in [7, 11) is 0. The Morgan fingerprint density at radius 1 is 1.33 bits per heavy atom. The minimum Gasteiger partial charge on any atom is -0.465 e. The summed E-state index contributed by atoms with van der Waals surface area (Å²) < 4.78 is 9.77. The number of nitrogens with one attached hydrogen (secondary N) is 2. The SMILES string of the molecule is C[C@@H]1CCCC[C@@H]1NC(=O)NC(=O)COC(=O)/C=C/c1ccco1. The van der Waals surface area contributed by atoms with E-state index in [9.17, 15) is 14.4 Å². The monoisotopic (exact) mass is 334 g/mol. The second kappa shape index (κ2) is 8.90. The van der Waals surface area contributed by atoms with E-state index in [1.807, 2.05) is 0 Å². The Bertz CT molecular complexity index is 594. The van der Waals surface area contributed by atoms with Crippen LogP contribution in [0.2, 0.25) is 0 Å². The Morgan fingerprint density at radius 2 is 2.12 bits per heavy atom. The number of rotatable bonds is 5. The molecule has 0 aliphatic heterocycles. The van der Waals surface area contributed by atoms with Gasteiger partial charge in [-0.25, -0.2) is 9.59 Å². The number of carbonyl (C=O) groups is 3. The fraction of sp³-hybridized carbons (Fsp3) is 0.471. The first kappa shape index (κ1) is 17.8. The van der Waals surface area contributed by atoms with Gasteiger partial charge in [-0.15, -0.1) is 0 Å². The maximum atomic E-state index is 11.8. The number of amides is 3. The van der Waals surface area contributed by atoms with Crippen molar-refractivity contribution in [2.45, 2.75) is 38.6 Å². The van der Waals surface area contributed by atoms with Gasteiger partial charge < -0.3 is 14.5 Å². The molecule has 2 N–H and O–H groups in total. The normalized spacial score (nSPS) is 20.5. The number of esters is 1. The third-order valence-electron chi connectivity index (χ3n) is 3.95. The minimum atomic E-state index is -0.692. The van der Waals surface area contributed by atoms with Gasteiger partial charge in [0.1, 0.15) is 5.76 Å². The second-order valence-corrected chi connectivity index (χ2v) is 5.85. The highest BCUT2D eigenvalue weighted by molar-refractivity contribution is 5.96. The smallest absolute Gasteiger partial charge is 0.331 e. The van der Waals surface area contributed by atoms with Crippen molar-refractivity contribution in [2.75, 3.05) is 6.61 Å². The van der Waals surface area contributed by atoms with Gasteiger partial charge in [-0.2, -0.15) is 0 Å². The Balaban J connectivity index is 1.66. The summed E-state index contributed by atoms with van der Waals surface area (Å²) in [5.41, 5.74) is 0. The Kier molecular flexibility index (Phi) is 6.60. The molecule has 7 nitrogen and oxygen atoms in total. The van der Waals surface area contributed by atoms with E-state index < -0.39 is 24.5 Å². The molecule has 0 unspecified atom stereocenters. The summed E-state index contributed by atoms with van der Waals surface area (Å²) in [5, 5.41) is 4.96. The molecule has 0 saturated heterocycles. The molecule has 7 heteroatoms. The summed E-state index contributed by atoms with van der Waals surface area (Å²) in [6.07, 6.45) is 8.27. The minimum absolute atomic E-state index is 0.0744. The average Bonchev–Trinajstić information content (AvgIpc) is 3.06. The van der Waals surface area contributed by atoms with Gasteiger partial charge in [-0.3, -0.25) is 10.1 Å². The predicted molar refractivity (Wildman–Crippen MR) is 86.8 cm³/mol. The van der Waals surface area contributed by atoms with Crippen LogP contribution >= 0.6 is 0 Å². The van der Waals surface area contributed by atoms with Crippen molar-refractivity contribution in [1.82, 2.24) is 10.6 Å². The lowest BCUT2D eigenvalue weighted by Crippen LogP contribution is -2.48. The molecule has 1 aliphatic carbocycles. The van der Waals surface area contributed by atoms with E-state index >= 15 is 0 Å². The zero-order chi connectivity index (χ0) is 17.4. The number of urea groups is 1. The van der Waals surface area contributed by atoms with Crippen LogP contribution in [0.5, 0.6) is 0 Å². The van der Waals surface area contributed by atoms with E-state index in [1.165, 1.54) is 18.8 Å². The molecule has 1 aliphatic rings. The van der Waals surface area contributed by atoms with Crippen LogP contribution < -0.4 is 10.6 Å². The zero-order valence-electron chi connectivity index (χ0n) is 13.6. The van der Waals surface area contributed by atoms with Crippen LogP contribution in [0.15, 0.2) is 28.9 Å². The number of carbonyl (C=O) groups excluding carboxylic acids is 3. The van der Waals surface area contributed by atoms with Crippen molar-refractivity contribution in [3.05, 3.63) is 30.2 Å². The molecule has 1 heterocycles. The summed E-state index contributed by atoms with van der Waals surface area (Å²) in [6, 6.07) is 2.88. The van der Waals surface area contributed by atoms with Crippen LogP contribution in [0.1, 0.15) is 38.4 Å². The molecule has 130 valence electrons. The number of ether oxygens (including phenoxy) is 1. The molecule has 0 spiro atoms. The maximum Gasteiger partial charge on any atom is 0.331 e. The summed E-state index contributed by atoms with van der Waals surface area (Å²) in [6.45, 7) is 1.56. The molecule has 1 aromatic rings. The van der Waals surface area contributed by atoms with E-state index in [0.29, 0.717) is 11.7 Å². The van der Waals surface area contributed by atoms with Gasteiger partial charge in [-0.05, 0) is 37.0 Å². The van der Waals surface area contributed by atoms with E-state index in [1.54, 1.807) is 12.1 Å². The van der Waals surface area contributed by atoms with Crippen molar-refractivity contribution < 1.29 is 23.5 Å². The van der Waals surface area contributed by atoms with Crippen LogP contribution in [0.3, 0.4) is 0 Å². The van der Waals surface area contributed by atoms with Crippen LogP contribution in [-0.4, -0.2) is 30.6 Å². The molecular weight excluding hydrogens is 312 g/mol. The highest BCUT2D eigenvalue weighted by Crippen LogP contribution is 2.23. The van der Waals surface area contributed by atoms with Crippen molar-refractivity contribution in [2.24, 2.45) is 5.92 Å². The van der Waals surface area contributed by atoms with Crippen molar-refractivity contribution in [3.8, 4) is 0 Å². The molecule has 1 saturated carbocycles. The van der Waals surface area contributed by atoms with E-state index in [2.05, 4.69) is 17.6 Å². The standard InChI is InChI=1S/C17H22N2O5/c1-12-5-2-3-7-14(12)18-17(22)19-15(20)11-24-16(21)9-8-13-6-4-10-23-13/h4,6,8-10,12,14H,2-3,5,7,11H2,1H3,(H2,18,19,20,22)/b9-8+/t12-,14+/m1/s1. The fourth-order valence-corrected chi connectivity index (χ4v) is 2.62. The lowest BCUT2D eigenvalue weighted by Gasteiger charge is -2.29. The van der Waals surface area contributed by atoms with Crippen LogP contribution in [0.4, 0.5) is 4.79 Å². The molecule has 0 bridgehead atoms. The molecule has 1 fully saturated rings. The first-order chi connectivity index (χ1) is 11.5. The molecule has 2 rings (SSSR count). The fourth-order valence-electron chi connectivity index (χ4n) is 2.62. The van der Waals surface area contributed by atoms with Crippen molar-refractivity contribution in [1.29, 1.82) is 0 Å². The third kappa shape index (κ3) is 5.91. The highest BCUT2D eigenvalue weighted by Gasteiger charge is 2.23. The lowest BCUT2D eigenvalue weighted by atomic mass is 9.86. The van der Waals surface area contributed by atoms with Crippen LogP contribution in [0, 0.1) is 5.92 Å². The molecule has 2 atom stereocenters. The van der Waals surface area contributed by atoms with Gasteiger partial charge in [0.05, 0.1) is 6.26 Å². The third-order valence-corrected chi connectivity index (χ3v) is 3.95. The highest BCUT2D eigenvalue weighted by atomic mass is 16.5. The van der Waals surface area contributed by atoms with Gasteiger partial charge >= 0.3 is 12.0 Å². The molecule has 24 heavy (non-hydrogen) atoms. The van der Waals surface area contributed by atoms with E-state index in [0.717, 1.165) is 25.3 Å². The first-order valence-electron chi connectivity index (χ1n) is 8.03. The molecular formula is C17H22N2O5. The molecule has 0 aromatic carbocycles. The Hall–Kier alpha value is -2.57. The second-order valence-electron chi connectivity index (χ2n) is 5.85. The molecule has 1 aromatic heterocycles. The number of hydrogen-bond acceptors (Lipinski definition) is 5. The number of furan rings is 1. The average molecular weight is 334 g/mol. The van der Waals surface area contributed by atoms with Gasteiger partial charge in [-0.1, -0.05) is 19.8 Å². The number of hydrogen-bond donors (Lipinski definition) is 2. The van der Waals surface area contributed by atoms with Crippen LogP contribution in [0.25, 0.3) is 6.08 Å². The van der Waals surface area contributed by atoms with Gasteiger partial charge in [0.25, 0.3) is 5.91 Å². The van der Waals surface area contributed by atoms with E-state index in [4.69, 9.17) is 9.15 Å². The van der Waals surface area contributed by atoms with Gasteiger partial charge in [0.15, 0.2) is 6.61 Å². The predicted octanol–water partition coefficient (Wildman–Crippen LogP) is 2.24. The van der Waals surface area contributed by atoms with Gasteiger partial charge in [0, 0.05) is 12.1 Å². The van der Waals surface area contributed by atoms with Crippen LogP contribution in [-0.2, 0) is 14.3 Å². The van der Waals surface area contributed by atoms with E-state index in [-0.39, 0.29) is 6.04 Å². The molecule has 0 radical (unpaired) electrons. The lowest BCUT2D eigenvalue weighted by molar-refractivity contribution is -0.143. The largest absolute Gasteiger partial charge is 0.465 e. The number of imide groups is 1. The Labute approximate surface area is 140 Å². The topological polar surface area (TPSA) is 97.6 Å². The first-order valence-corrected chi connectivity index (χ1v) is 8.03.